The van der Waals surface area contributed by atoms with Crippen molar-refractivity contribution in [2.45, 2.75) is 25.3 Å². The Morgan fingerprint density at radius 2 is 2.04 bits per heavy atom. The fourth-order valence-electron chi connectivity index (χ4n) is 2.62. The molecule has 0 spiro atoms. The van der Waals surface area contributed by atoms with Gasteiger partial charge in [0, 0.05) is 30.5 Å². The minimum Gasteiger partial charge on any atom is -0.351 e. The molecule has 1 aromatic carbocycles. The molecule has 1 aliphatic rings. The van der Waals surface area contributed by atoms with Gasteiger partial charge in [-0.25, -0.2) is 4.39 Å². The molecule has 2 rings (SSSR count). The van der Waals surface area contributed by atoms with Gasteiger partial charge in [-0.05, 0) is 60.1 Å². The summed E-state index contributed by atoms with van der Waals surface area (Å²) in [6, 6.07) is 4.19. The SMILES string of the molecule is CN(C(=O)CCNC(=O)c1cc(F)ccc1Br)C1CCNCC1.Cl. The zero-order valence-electron chi connectivity index (χ0n) is 13.5. The third-order valence-electron chi connectivity index (χ3n) is 4.05. The van der Waals surface area contributed by atoms with Crippen LogP contribution in [0.3, 0.4) is 0 Å². The Kier molecular flexibility index (Phi) is 8.66. The molecular formula is C16H22BrClFN3O2. The number of rotatable bonds is 5. The van der Waals surface area contributed by atoms with Gasteiger partial charge in [-0.3, -0.25) is 9.59 Å². The Morgan fingerprint density at radius 1 is 1.38 bits per heavy atom. The number of hydrogen-bond donors (Lipinski definition) is 2. The van der Waals surface area contributed by atoms with E-state index in [0.29, 0.717) is 4.47 Å². The van der Waals surface area contributed by atoms with E-state index in [4.69, 9.17) is 0 Å². The molecule has 1 aliphatic heterocycles. The highest BCUT2D eigenvalue weighted by molar-refractivity contribution is 9.10. The van der Waals surface area contributed by atoms with Crippen molar-refractivity contribution in [2.24, 2.45) is 0 Å². The molecular weight excluding hydrogens is 401 g/mol. The number of nitrogens with one attached hydrogen (secondary N) is 2. The monoisotopic (exact) mass is 421 g/mol. The molecule has 134 valence electrons. The average molecular weight is 423 g/mol. The molecule has 5 nitrogen and oxygen atoms in total. The van der Waals surface area contributed by atoms with Crippen molar-refractivity contribution in [3.8, 4) is 0 Å². The Bertz CT molecular complexity index is 582. The van der Waals surface area contributed by atoms with Crippen molar-refractivity contribution in [1.82, 2.24) is 15.5 Å². The van der Waals surface area contributed by atoms with Crippen LogP contribution in [0.2, 0.25) is 0 Å². The number of amides is 2. The third kappa shape index (κ3) is 5.72. The summed E-state index contributed by atoms with van der Waals surface area (Å²) in [6.45, 7) is 2.08. The summed E-state index contributed by atoms with van der Waals surface area (Å²) in [5, 5.41) is 5.92. The van der Waals surface area contributed by atoms with Gasteiger partial charge in [0.25, 0.3) is 5.91 Å². The number of hydrogen-bond acceptors (Lipinski definition) is 3. The van der Waals surface area contributed by atoms with Gasteiger partial charge < -0.3 is 15.5 Å². The van der Waals surface area contributed by atoms with Crippen molar-refractivity contribution in [3.05, 3.63) is 34.1 Å². The Balaban J connectivity index is 0.00000288. The molecule has 0 bridgehead atoms. The smallest absolute Gasteiger partial charge is 0.252 e. The molecule has 0 unspecified atom stereocenters. The third-order valence-corrected chi connectivity index (χ3v) is 4.74. The molecule has 1 heterocycles. The van der Waals surface area contributed by atoms with Crippen LogP contribution in [-0.4, -0.2) is 49.4 Å². The van der Waals surface area contributed by atoms with E-state index in [1.807, 2.05) is 7.05 Å². The highest BCUT2D eigenvalue weighted by Crippen LogP contribution is 2.17. The first-order valence-electron chi connectivity index (χ1n) is 7.68. The molecule has 0 radical (unpaired) electrons. The number of nitrogens with zero attached hydrogens (tertiary/aromatic N) is 1. The second-order valence-corrected chi connectivity index (χ2v) is 6.47. The number of piperidine rings is 1. The lowest BCUT2D eigenvalue weighted by Gasteiger charge is -2.31. The van der Waals surface area contributed by atoms with Gasteiger partial charge in [0.15, 0.2) is 0 Å². The molecule has 0 aromatic heterocycles. The molecule has 1 aromatic rings. The number of carbonyl (C=O) groups is 2. The minimum absolute atomic E-state index is 0. The van der Waals surface area contributed by atoms with Crippen LogP contribution in [0.15, 0.2) is 22.7 Å². The van der Waals surface area contributed by atoms with Gasteiger partial charge >= 0.3 is 0 Å². The van der Waals surface area contributed by atoms with E-state index < -0.39 is 11.7 Å². The van der Waals surface area contributed by atoms with E-state index in [2.05, 4.69) is 26.6 Å². The topological polar surface area (TPSA) is 61.4 Å². The molecule has 0 atom stereocenters. The molecule has 1 saturated heterocycles. The summed E-state index contributed by atoms with van der Waals surface area (Å²) in [7, 11) is 1.81. The largest absolute Gasteiger partial charge is 0.351 e. The zero-order valence-corrected chi connectivity index (χ0v) is 15.9. The summed E-state index contributed by atoms with van der Waals surface area (Å²) in [5.41, 5.74) is 0.226. The fraction of sp³-hybridized carbons (Fsp3) is 0.500. The molecule has 0 saturated carbocycles. The highest BCUT2D eigenvalue weighted by Gasteiger charge is 2.21. The maximum absolute atomic E-state index is 13.2. The van der Waals surface area contributed by atoms with E-state index in [-0.39, 0.29) is 42.9 Å². The van der Waals surface area contributed by atoms with Gasteiger partial charge in [-0.2, -0.15) is 0 Å². The average Bonchev–Trinajstić information content (AvgIpc) is 2.56. The van der Waals surface area contributed by atoms with Crippen LogP contribution in [0.1, 0.15) is 29.6 Å². The van der Waals surface area contributed by atoms with Gasteiger partial charge in [0.05, 0.1) is 5.56 Å². The van der Waals surface area contributed by atoms with Crippen molar-refractivity contribution < 1.29 is 14.0 Å². The summed E-state index contributed by atoms with van der Waals surface area (Å²) in [5.74, 6) is -0.857. The van der Waals surface area contributed by atoms with Gasteiger partial charge in [0.1, 0.15) is 5.82 Å². The van der Waals surface area contributed by atoms with Crippen LogP contribution < -0.4 is 10.6 Å². The van der Waals surface area contributed by atoms with Crippen LogP contribution in [0.4, 0.5) is 4.39 Å². The van der Waals surface area contributed by atoms with Crippen LogP contribution in [-0.2, 0) is 4.79 Å². The summed E-state index contributed by atoms with van der Waals surface area (Å²) in [4.78, 5) is 26.0. The summed E-state index contributed by atoms with van der Waals surface area (Å²) in [6.07, 6.45) is 2.13. The zero-order chi connectivity index (χ0) is 16.8. The molecule has 24 heavy (non-hydrogen) atoms. The quantitative estimate of drug-likeness (QED) is 0.766. The first-order chi connectivity index (χ1) is 11.0. The second-order valence-electron chi connectivity index (χ2n) is 5.62. The number of carbonyl (C=O) groups excluding carboxylic acids is 2. The minimum atomic E-state index is -0.472. The van der Waals surface area contributed by atoms with Gasteiger partial charge in [0.2, 0.25) is 5.91 Å². The summed E-state index contributed by atoms with van der Waals surface area (Å²) < 4.78 is 13.7. The van der Waals surface area contributed by atoms with Crippen molar-refractivity contribution in [2.75, 3.05) is 26.7 Å². The number of halogens is 3. The normalized spacial score (nSPS) is 14.6. The lowest BCUT2D eigenvalue weighted by Crippen LogP contribution is -2.44. The standard InChI is InChI=1S/C16H21BrFN3O2.ClH/c1-21(12-4-7-19-8-5-12)15(22)6-9-20-16(23)13-10-11(18)2-3-14(13)17;/h2-3,10,12,19H,4-9H2,1H3,(H,20,23);1H. The first kappa shape index (κ1) is 20.9. The van der Waals surface area contributed by atoms with Crippen molar-refractivity contribution >= 4 is 40.2 Å². The van der Waals surface area contributed by atoms with E-state index in [1.54, 1.807) is 4.90 Å². The number of benzene rings is 1. The van der Waals surface area contributed by atoms with E-state index in [0.717, 1.165) is 25.9 Å². The maximum atomic E-state index is 13.2. The predicted octanol–water partition coefficient (Wildman–Crippen LogP) is 2.34. The van der Waals surface area contributed by atoms with Gasteiger partial charge in [-0.1, -0.05) is 0 Å². The Morgan fingerprint density at radius 3 is 2.71 bits per heavy atom. The molecule has 2 amide bonds. The second kappa shape index (κ2) is 9.96. The lowest BCUT2D eigenvalue weighted by atomic mass is 10.1. The van der Waals surface area contributed by atoms with Crippen LogP contribution in [0, 0.1) is 5.82 Å². The fourth-order valence-corrected chi connectivity index (χ4v) is 3.05. The van der Waals surface area contributed by atoms with E-state index in [9.17, 15) is 14.0 Å². The van der Waals surface area contributed by atoms with Crippen molar-refractivity contribution in [1.29, 1.82) is 0 Å². The molecule has 8 heteroatoms. The Hall–Kier alpha value is -1.18. The van der Waals surface area contributed by atoms with Gasteiger partial charge in [-0.15, -0.1) is 12.4 Å². The summed E-state index contributed by atoms with van der Waals surface area (Å²) >= 11 is 3.22. The van der Waals surface area contributed by atoms with E-state index in [1.165, 1.54) is 18.2 Å². The maximum Gasteiger partial charge on any atom is 0.252 e. The Labute approximate surface area is 155 Å². The van der Waals surface area contributed by atoms with Crippen molar-refractivity contribution in [3.63, 3.8) is 0 Å². The molecule has 2 N–H and O–H groups in total. The first-order valence-corrected chi connectivity index (χ1v) is 8.48. The van der Waals surface area contributed by atoms with E-state index >= 15 is 0 Å². The molecule has 1 fully saturated rings. The van der Waals surface area contributed by atoms with Crippen LogP contribution in [0.25, 0.3) is 0 Å². The highest BCUT2D eigenvalue weighted by atomic mass is 79.9. The lowest BCUT2D eigenvalue weighted by molar-refractivity contribution is -0.132. The van der Waals surface area contributed by atoms with Crippen LogP contribution in [0.5, 0.6) is 0 Å². The molecule has 0 aliphatic carbocycles. The predicted molar refractivity (Wildman–Crippen MR) is 97.0 cm³/mol. The van der Waals surface area contributed by atoms with Crippen LogP contribution >= 0.6 is 28.3 Å².